The maximum Gasteiger partial charge on any atom is 0.262 e. The number of pyridine rings is 1. The van der Waals surface area contributed by atoms with Gasteiger partial charge < -0.3 is 10.1 Å². The first-order valence-electron chi connectivity index (χ1n) is 6.16. The van der Waals surface area contributed by atoms with Gasteiger partial charge in [-0.3, -0.25) is 9.78 Å². The van der Waals surface area contributed by atoms with Gasteiger partial charge >= 0.3 is 0 Å². The molecule has 0 aliphatic carbocycles. The van der Waals surface area contributed by atoms with Crippen molar-refractivity contribution in [1.29, 1.82) is 0 Å². The number of hydrogen-bond acceptors (Lipinski definition) is 4. The number of H-pyrrole nitrogens is 1. The summed E-state index contributed by atoms with van der Waals surface area (Å²) in [6.45, 7) is 0. The summed E-state index contributed by atoms with van der Waals surface area (Å²) in [6, 6.07) is 12.4. The Labute approximate surface area is 128 Å². The smallest absolute Gasteiger partial charge is 0.262 e. The molecule has 5 nitrogen and oxygen atoms in total. The quantitative estimate of drug-likeness (QED) is 0.749. The summed E-state index contributed by atoms with van der Waals surface area (Å²) in [4.78, 5) is 23.0. The molecule has 6 heteroatoms. The molecule has 0 fully saturated rings. The van der Waals surface area contributed by atoms with Crippen molar-refractivity contribution in [3.8, 4) is 28.5 Å². The molecule has 21 heavy (non-hydrogen) atoms. The predicted molar refractivity (Wildman–Crippen MR) is 82.9 cm³/mol. The summed E-state index contributed by atoms with van der Waals surface area (Å²) < 4.78 is 0.818. The normalized spacial score (nSPS) is 10.5. The number of nitrogens with one attached hydrogen (secondary N) is 1. The highest BCUT2D eigenvalue weighted by Gasteiger charge is 2.14. The van der Waals surface area contributed by atoms with Gasteiger partial charge in [0.2, 0.25) is 5.88 Å². The summed E-state index contributed by atoms with van der Waals surface area (Å²) in [5.41, 5.74) is 0.828. The van der Waals surface area contributed by atoms with Crippen LogP contribution in [0.2, 0.25) is 0 Å². The lowest BCUT2D eigenvalue weighted by molar-refractivity contribution is 0.454. The third-order valence-electron chi connectivity index (χ3n) is 2.93. The van der Waals surface area contributed by atoms with E-state index in [-0.39, 0.29) is 17.3 Å². The van der Waals surface area contributed by atoms with E-state index in [1.807, 2.05) is 6.07 Å². The number of aromatic nitrogens is 3. The minimum atomic E-state index is -0.409. The second-order valence-corrected chi connectivity index (χ2v) is 5.26. The molecule has 0 saturated carbocycles. The fourth-order valence-corrected chi connectivity index (χ4v) is 2.20. The highest BCUT2D eigenvalue weighted by Crippen LogP contribution is 2.25. The maximum absolute atomic E-state index is 12.2. The van der Waals surface area contributed by atoms with E-state index in [9.17, 15) is 9.90 Å². The molecule has 0 saturated heterocycles. The van der Waals surface area contributed by atoms with Crippen molar-refractivity contribution in [2.24, 2.45) is 0 Å². The monoisotopic (exact) mass is 343 g/mol. The Bertz CT molecular complexity index is 830. The zero-order chi connectivity index (χ0) is 14.8. The van der Waals surface area contributed by atoms with Crippen molar-refractivity contribution in [2.75, 3.05) is 0 Å². The molecule has 0 bridgehead atoms. The van der Waals surface area contributed by atoms with E-state index in [1.54, 1.807) is 42.6 Å². The van der Waals surface area contributed by atoms with Crippen LogP contribution in [0.25, 0.3) is 22.6 Å². The molecule has 2 aromatic heterocycles. The molecule has 0 aliphatic heterocycles. The summed E-state index contributed by atoms with van der Waals surface area (Å²) in [7, 11) is 0. The number of aromatic hydroxyl groups is 1. The van der Waals surface area contributed by atoms with Crippen LogP contribution < -0.4 is 5.56 Å². The van der Waals surface area contributed by atoms with Gasteiger partial charge in [-0.25, -0.2) is 0 Å². The lowest BCUT2D eigenvalue weighted by Crippen LogP contribution is -2.12. The standard InChI is InChI=1S/C15H10BrN3O2/c16-10-6-7-11(17-8-10)13-18-14(20)12(15(21)19-13)9-4-2-1-3-5-9/h1-8H,(H2,18,19,20,21). The SMILES string of the molecule is O=c1[nH]c(-c2ccc(Br)cn2)nc(O)c1-c1ccccc1. The fourth-order valence-electron chi connectivity index (χ4n) is 1.96. The lowest BCUT2D eigenvalue weighted by atomic mass is 10.1. The number of nitrogens with zero attached hydrogens (tertiary/aromatic N) is 2. The first kappa shape index (κ1) is 13.5. The molecule has 0 spiro atoms. The first-order valence-corrected chi connectivity index (χ1v) is 6.95. The Morgan fingerprint density at radius 1 is 1.10 bits per heavy atom. The lowest BCUT2D eigenvalue weighted by Gasteiger charge is -2.06. The van der Waals surface area contributed by atoms with Crippen LogP contribution in [0.3, 0.4) is 0 Å². The van der Waals surface area contributed by atoms with Gasteiger partial charge in [-0.05, 0) is 33.6 Å². The number of aromatic amines is 1. The van der Waals surface area contributed by atoms with E-state index >= 15 is 0 Å². The Hall–Kier alpha value is -2.47. The molecule has 0 amide bonds. The van der Waals surface area contributed by atoms with Crippen molar-refractivity contribution in [3.63, 3.8) is 0 Å². The van der Waals surface area contributed by atoms with Gasteiger partial charge in [0.15, 0.2) is 5.82 Å². The largest absolute Gasteiger partial charge is 0.493 e. The van der Waals surface area contributed by atoms with Crippen LogP contribution in [0.4, 0.5) is 0 Å². The van der Waals surface area contributed by atoms with E-state index in [1.165, 1.54) is 0 Å². The van der Waals surface area contributed by atoms with Gasteiger partial charge in [-0.15, -0.1) is 0 Å². The highest BCUT2D eigenvalue weighted by molar-refractivity contribution is 9.10. The van der Waals surface area contributed by atoms with Gasteiger partial charge in [0.25, 0.3) is 5.56 Å². The number of halogens is 1. The molecule has 1 aromatic carbocycles. The zero-order valence-electron chi connectivity index (χ0n) is 10.7. The molecule has 3 aromatic rings. The molecule has 0 radical (unpaired) electrons. The summed E-state index contributed by atoms with van der Waals surface area (Å²) in [6.07, 6.45) is 1.59. The Kier molecular flexibility index (Phi) is 3.53. The van der Waals surface area contributed by atoms with Crippen LogP contribution in [0.5, 0.6) is 5.88 Å². The van der Waals surface area contributed by atoms with E-state index in [0.717, 1.165) is 4.47 Å². The van der Waals surface area contributed by atoms with Crippen LogP contribution in [-0.4, -0.2) is 20.1 Å². The topological polar surface area (TPSA) is 78.9 Å². The highest BCUT2D eigenvalue weighted by atomic mass is 79.9. The second-order valence-electron chi connectivity index (χ2n) is 4.34. The molecular formula is C15H10BrN3O2. The van der Waals surface area contributed by atoms with Crippen molar-refractivity contribution >= 4 is 15.9 Å². The fraction of sp³-hybridized carbons (Fsp3) is 0. The molecule has 0 atom stereocenters. The van der Waals surface area contributed by atoms with Crippen LogP contribution >= 0.6 is 15.9 Å². The van der Waals surface area contributed by atoms with E-state index in [4.69, 9.17) is 0 Å². The molecule has 2 heterocycles. The average molecular weight is 344 g/mol. The Balaban J connectivity index is 2.13. The zero-order valence-corrected chi connectivity index (χ0v) is 12.3. The maximum atomic E-state index is 12.2. The molecule has 3 rings (SSSR count). The molecule has 0 aliphatic rings. The third-order valence-corrected chi connectivity index (χ3v) is 3.40. The van der Waals surface area contributed by atoms with Crippen LogP contribution in [0, 0.1) is 0 Å². The summed E-state index contributed by atoms with van der Waals surface area (Å²) in [5.74, 6) is -0.0886. The van der Waals surface area contributed by atoms with Crippen molar-refractivity contribution in [3.05, 3.63) is 63.5 Å². The van der Waals surface area contributed by atoms with Gasteiger partial charge in [-0.2, -0.15) is 4.98 Å². The molecular weight excluding hydrogens is 334 g/mol. The second kappa shape index (κ2) is 5.49. The first-order chi connectivity index (χ1) is 10.1. The Morgan fingerprint density at radius 3 is 2.48 bits per heavy atom. The van der Waals surface area contributed by atoms with Crippen LogP contribution in [0.15, 0.2) is 57.9 Å². The van der Waals surface area contributed by atoms with Gasteiger partial charge in [0.05, 0.1) is 0 Å². The number of benzene rings is 1. The minimum Gasteiger partial charge on any atom is -0.493 e. The predicted octanol–water partition coefficient (Wildman–Crippen LogP) is 2.97. The van der Waals surface area contributed by atoms with Crippen molar-refractivity contribution in [1.82, 2.24) is 15.0 Å². The van der Waals surface area contributed by atoms with E-state index in [2.05, 4.69) is 30.9 Å². The average Bonchev–Trinajstić information content (AvgIpc) is 2.48. The van der Waals surface area contributed by atoms with E-state index < -0.39 is 5.56 Å². The van der Waals surface area contributed by atoms with Crippen molar-refractivity contribution < 1.29 is 5.11 Å². The molecule has 104 valence electrons. The Morgan fingerprint density at radius 2 is 1.86 bits per heavy atom. The van der Waals surface area contributed by atoms with E-state index in [0.29, 0.717) is 11.3 Å². The third kappa shape index (κ3) is 2.71. The number of rotatable bonds is 2. The van der Waals surface area contributed by atoms with Crippen LogP contribution in [0.1, 0.15) is 0 Å². The molecule has 2 N–H and O–H groups in total. The minimum absolute atomic E-state index is 0.150. The summed E-state index contributed by atoms with van der Waals surface area (Å²) >= 11 is 3.28. The molecule has 0 unspecified atom stereocenters. The van der Waals surface area contributed by atoms with Crippen molar-refractivity contribution in [2.45, 2.75) is 0 Å². The number of hydrogen-bond donors (Lipinski definition) is 2. The van der Waals surface area contributed by atoms with Crippen LogP contribution in [-0.2, 0) is 0 Å². The van der Waals surface area contributed by atoms with Gasteiger partial charge in [0.1, 0.15) is 11.3 Å². The van der Waals surface area contributed by atoms with Gasteiger partial charge in [0, 0.05) is 10.7 Å². The summed E-state index contributed by atoms with van der Waals surface area (Å²) in [5, 5.41) is 10.1. The van der Waals surface area contributed by atoms with Gasteiger partial charge in [-0.1, -0.05) is 30.3 Å².